The summed E-state index contributed by atoms with van der Waals surface area (Å²) in [6.07, 6.45) is 0. The van der Waals surface area contributed by atoms with Crippen LogP contribution >= 0.6 is 0 Å². The third-order valence-corrected chi connectivity index (χ3v) is 4.13. The maximum Gasteiger partial charge on any atom is 0.339 e. The lowest BCUT2D eigenvalue weighted by atomic mass is 10.1. The molecule has 136 valence electrons. The normalized spacial score (nSPS) is 10.6. The van der Waals surface area contributed by atoms with Crippen LogP contribution in [0.3, 0.4) is 0 Å². The van der Waals surface area contributed by atoms with Crippen LogP contribution in [-0.4, -0.2) is 28.3 Å². The van der Waals surface area contributed by atoms with Crippen molar-refractivity contribution in [2.24, 2.45) is 0 Å². The molecule has 0 spiro atoms. The Morgan fingerprint density at radius 2 is 1.85 bits per heavy atom. The largest absolute Gasteiger partial charge is 0.454 e. The molecule has 3 rings (SSSR count). The quantitative estimate of drug-likeness (QED) is 0.295. The minimum absolute atomic E-state index is 0.121. The lowest BCUT2D eigenvalue weighted by Gasteiger charge is -2.08. The van der Waals surface area contributed by atoms with E-state index in [0.717, 1.165) is 0 Å². The molecule has 3 aromatic rings. The first kappa shape index (κ1) is 18.2. The van der Waals surface area contributed by atoms with E-state index in [4.69, 9.17) is 4.74 Å². The second-order valence-electron chi connectivity index (χ2n) is 6.09. The van der Waals surface area contributed by atoms with E-state index in [9.17, 15) is 19.7 Å². The Kier molecular flexibility index (Phi) is 4.94. The van der Waals surface area contributed by atoms with Crippen molar-refractivity contribution in [2.45, 2.75) is 13.8 Å². The highest BCUT2D eigenvalue weighted by Gasteiger charge is 2.18. The van der Waals surface area contributed by atoms with Crippen molar-refractivity contribution in [1.82, 2.24) is 4.98 Å². The molecule has 7 nitrogen and oxygen atoms in total. The summed E-state index contributed by atoms with van der Waals surface area (Å²) in [7, 11) is 0. The first-order chi connectivity index (χ1) is 12.9. The molecule has 0 radical (unpaired) electrons. The summed E-state index contributed by atoms with van der Waals surface area (Å²) in [5.41, 5.74) is 2.05. The molecule has 1 aromatic heterocycles. The molecule has 27 heavy (non-hydrogen) atoms. The van der Waals surface area contributed by atoms with Crippen LogP contribution in [0.5, 0.6) is 0 Å². The molecule has 7 heteroatoms. The van der Waals surface area contributed by atoms with E-state index >= 15 is 0 Å². The van der Waals surface area contributed by atoms with Gasteiger partial charge in [-0.25, -0.2) is 4.79 Å². The van der Waals surface area contributed by atoms with Crippen molar-refractivity contribution in [2.75, 3.05) is 6.61 Å². The highest BCUT2D eigenvalue weighted by atomic mass is 16.6. The third-order valence-electron chi connectivity index (χ3n) is 4.13. The Balaban J connectivity index is 1.79. The number of fused-ring (bicyclic) bond motifs is 1. The summed E-state index contributed by atoms with van der Waals surface area (Å²) in [4.78, 5) is 39.6. The summed E-state index contributed by atoms with van der Waals surface area (Å²) in [5.74, 6) is -1.16. The third kappa shape index (κ3) is 3.82. The van der Waals surface area contributed by atoms with E-state index in [2.05, 4.69) is 4.98 Å². The van der Waals surface area contributed by atoms with Gasteiger partial charge in [-0.15, -0.1) is 0 Å². The SMILES string of the molecule is Cc1cc(C(=O)OCC(=O)c2ccc(C)c([N+](=O)[O-])c2)c2ccccc2n1. The maximum atomic E-state index is 12.5. The molecular formula is C20H16N2O5. The number of carbonyl (C=O) groups excluding carboxylic acids is 2. The van der Waals surface area contributed by atoms with Gasteiger partial charge in [-0.3, -0.25) is 19.9 Å². The number of rotatable bonds is 5. The van der Waals surface area contributed by atoms with Gasteiger partial charge in [0.1, 0.15) is 0 Å². The number of benzene rings is 2. The predicted octanol–water partition coefficient (Wildman–Crippen LogP) is 3.80. The number of pyridine rings is 1. The van der Waals surface area contributed by atoms with Gasteiger partial charge < -0.3 is 4.74 Å². The molecule has 0 atom stereocenters. The van der Waals surface area contributed by atoms with E-state index in [1.165, 1.54) is 18.2 Å². The minimum Gasteiger partial charge on any atom is -0.454 e. The number of para-hydroxylation sites is 1. The number of ketones is 1. The Bertz CT molecular complexity index is 1080. The van der Waals surface area contributed by atoms with Gasteiger partial charge in [0.2, 0.25) is 5.78 Å². The van der Waals surface area contributed by atoms with E-state index in [1.807, 2.05) is 6.07 Å². The van der Waals surface area contributed by atoms with Crippen molar-refractivity contribution >= 4 is 28.3 Å². The lowest BCUT2D eigenvalue weighted by Crippen LogP contribution is -2.15. The molecular weight excluding hydrogens is 348 g/mol. The number of aromatic nitrogens is 1. The van der Waals surface area contributed by atoms with Crippen LogP contribution in [0, 0.1) is 24.0 Å². The van der Waals surface area contributed by atoms with E-state index in [0.29, 0.717) is 27.7 Å². The molecule has 0 bridgehead atoms. The highest BCUT2D eigenvalue weighted by Crippen LogP contribution is 2.21. The van der Waals surface area contributed by atoms with Crippen LogP contribution in [0.2, 0.25) is 0 Å². The molecule has 0 aliphatic rings. The fourth-order valence-electron chi connectivity index (χ4n) is 2.75. The number of nitrogens with zero attached hydrogens (tertiary/aromatic N) is 2. The Morgan fingerprint density at radius 3 is 2.59 bits per heavy atom. The van der Waals surface area contributed by atoms with Crippen LogP contribution < -0.4 is 0 Å². The van der Waals surface area contributed by atoms with Crippen LogP contribution in [0.1, 0.15) is 32.0 Å². The number of aryl methyl sites for hydroxylation is 2. The van der Waals surface area contributed by atoms with Gasteiger partial charge in [0.15, 0.2) is 6.61 Å². The maximum absolute atomic E-state index is 12.5. The van der Waals surface area contributed by atoms with Crippen molar-refractivity contribution in [3.63, 3.8) is 0 Å². The zero-order valence-corrected chi connectivity index (χ0v) is 14.8. The summed E-state index contributed by atoms with van der Waals surface area (Å²) in [6, 6.07) is 12.9. The zero-order chi connectivity index (χ0) is 19.6. The molecule has 1 heterocycles. The molecule has 0 N–H and O–H groups in total. The van der Waals surface area contributed by atoms with Gasteiger partial charge in [0.25, 0.3) is 5.69 Å². The molecule has 0 unspecified atom stereocenters. The van der Waals surface area contributed by atoms with Gasteiger partial charge in [-0.1, -0.05) is 30.3 Å². The van der Waals surface area contributed by atoms with E-state index in [1.54, 1.807) is 38.1 Å². The summed E-state index contributed by atoms with van der Waals surface area (Å²) < 4.78 is 5.15. The number of Topliss-reactive ketones (excluding diaryl/α,β-unsaturated/α-hetero) is 1. The van der Waals surface area contributed by atoms with Crippen LogP contribution in [0.4, 0.5) is 5.69 Å². The standard InChI is InChI=1S/C20H16N2O5/c1-12-7-8-14(10-18(12)22(25)26)19(23)11-27-20(24)16-9-13(2)21-17-6-4-3-5-15(16)17/h3-10H,11H2,1-2H3. The number of ether oxygens (including phenoxy) is 1. The summed E-state index contributed by atoms with van der Waals surface area (Å²) in [5, 5.41) is 11.6. The highest BCUT2D eigenvalue weighted by molar-refractivity contribution is 6.05. The minimum atomic E-state index is -0.647. The second kappa shape index (κ2) is 7.33. The van der Waals surface area contributed by atoms with Gasteiger partial charge in [0, 0.05) is 28.3 Å². The average molecular weight is 364 g/mol. The molecule has 0 amide bonds. The van der Waals surface area contributed by atoms with Gasteiger partial charge in [0.05, 0.1) is 16.0 Å². The van der Waals surface area contributed by atoms with E-state index in [-0.39, 0.29) is 11.3 Å². The zero-order valence-electron chi connectivity index (χ0n) is 14.8. The lowest BCUT2D eigenvalue weighted by molar-refractivity contribution is -0.385. The van der Waals surface area contributed by atoms with Crippen molar-refractivity contribution in [3.05, 3.63) is 81.0 Å². The number of hydrogen-bond acceptors (Lipinski definition) is 6. The van der Waals surface area contributed by atoms with Gasteiger partial charge >= 0.3 is 5.97 Å². The topological polar surface area (TPSA) is 99.4 Å². The van der Waals surface area contributed by atoms with Crippen LogP contribution in [0.15, 0.2) is 48.5 Å². The smallest absolute Gasteiger partial charge is 0.339 e. The van der Waals surface area contributed by atoms with Gasteiger partial charge in [-0.2, -0.15) is 0 Å². The van der Waals surface area contributed by atoms with Crippen molar-refractivity contribution < 1.29 is 19.2 Å². The number of carbonyl (C=O) groups is 2. The second-order valence-corrected chi connectivity index (χ2v) is 6.09. The fraction of sp³-hybridized carbons (Fsp3) is 0.150. The molecule has 2 aromatic carbocycles. The molecule has 0 saturated heterocycles. The van der Waals surface area contributed by atoms with Crippen molar-refractivity contribution in [3.8, 4) is 0 Å². The number of esters is 1. The molecule has 0 aliphatic heterocycles. The molecule has 0 fully saturated rings. The first-order valence-corrected chi connectivity index (χ1v) is 8.18. The van der Waals surface area contributed by atoms with E-state index < -0.39 is 23.3 Å². The summed E-state index contributed by atoms with van der Waals surface area (Å²) >= 11 is 0. The Morgan fingerprint density at radius 1 is 1.11 bits per heavy atom. The Hall–Kier alpha value is -3.61. The van der Waals surface area contributed by atoms with Gasteiger partial charge in [-0.05, 0) is 26.0 Å². The monoisotopic (exact) mass is 364 g/mol. The van der Waals surface area contributed by atoms with Crippen LogP contribution in [-0.2, 0) is 4.74 Å². The number of hydrogen-bond donors (Lipinski definition) is 0. The number of nitro benzene ring substituents is 1. The molecule has 0 saturated carbocycles. The first-order valence-electron chi connectivity index (χ1n) is 8.18. The Labute approximate surface area is 154 Å². The molecule has 0 aliphatic carbocycles. The van der Waals surface area contributed by atoms with Crippen LogP contribution in [0.25, 0.3) is 10.9 Å². The number of nitro groups is 1. The predicted molar refractivity (Wildman–Crippen MR) is 98.9 cm³/mol. The fourth-order valence-corrected chi connectivity index (χ4v) is 2.75. The average Bonchev–Trinajstić information content (AvgIpc) is 2.65. The van der Waals surface area contributed by atoms with Crippen molar-refractivity contribution in [1.29, 1.82) is 0 Å². The summed E-state index contributed by atoms with van der Waals surface area (Å²) in [6.45, 7) is 2.85.